The van der Waals surface area contributed by atoms with Gasteiger partial charge in [-0.05, 0) is 0 Å². The van der Waals surface area contributed by atoms with Crippen molar-refractivity contribution < 1.29 is 139 Å². The molecule has 32 heteroatoms. The quantitative estimate of drug-likeness (QED) is 0.125. The minimum absolute atomic E-state index is 1.32. The molecular weight excluding hydrogens is 760 g/mol. The van der Waals surface area contributed by atoms with E-state index < -0.39 is 78.4 Å². The molecule has 0 fully saturated rings. The van der Waals surface area contributed by atoms with Crippen LogP contribution < -0.4 is 0 Å². The van der Waals surface area contributed by atoms with Crippen molar-refractivity contribution in [3.63, 3.8) is 0 Å². The first-order valence-corrected chi connectivity index (χ1v) is 9.32. The fourth-order valence-corrected chi connectivity index (χ4v) is 1.69. The Bertz CT molecular complexity index is 1060. The van der Waals surface area contributed by atoms with Gasteiger partial charge in [0.15, 0.2) is 0 Å². The number of alkyl halides is 25. The lowest BCUT2D eigenvalue weighted by Crippen LogP contribution is -2.66. The second kappa shape index (κ2) is 11.5. The number of carboxylic acids is 1. The Hall–Kier alpha value is -2.12. The Morgan fingerprint density at radius 3 is 0.822 bits per heavy atom. The summed E-state index contributed by atoms with van der Waals surface area (Å²) >= 11 is 3.48. The lowest BCUT2D eigenvalue weighted by atomic mass is 10.3. The van der Waals surface area contributed by atoms with Crippen molar-refractivity contribution in [1.82, 2.24) is 0 Å². The highest BCUT2D eigenvalue weighted by Crippen LogP contribution is 2.56. The molecule has 1 N–H and O–H groups in total. The van der Waals surface area contributed by atoms with Crippen LogP contribution in [-0.4, -0.2) is 83.5 Å². The predicted molar refractivity (Wildman–Crippen MR) is 78.3 cm³/mol. The topological polar surface area (TPSA) is 83.5 Å². The standard InChI is InChI=1S/C13HClF24O7/c14-3(17,4(18,19)20)9(33,34)42-11(36,6(24,25)26)44-13(38,8(30,31)32)45-12(37,7(27,28)29)43-10(35,5(21,22)23)41-2(15,16)1(39)40/h(H,39,40). The zero-order chi connectivity index (χ0) is 37.1. The molecule has 270 valence electrons. The van der Waals surface area contributed by atoms with E-state index in [0.29, 0.717) is 0 Å². The molecule has 0 saturated heterocycles. The molecule has 5 unspecified atom stereocenters. The van der Waals surface area contributed by atoms with Crippen molar-refractivity contribution in [3.8, 4) is 0 Å². The fraction of sp³-hybridized carbons (Fsp3) is 0.923. The molecule has 0 aromatic carbocycles. The third-order valence-electron chi connectivity index (χ3n) is 3.63. The van der Waals surface area contributed by atoms with Crippen molar-refractivity contribution in [2.45, 2.75) is 72.4 Å². The summed E-state index contributed by atoms with van der Waals surface area (Å²) in [6, 6.07) is -32.9. The molecular formula is C13HClF24O7. The number of hydrogen-bond donors (Lipinski definition) is 1. The SMILES string of the molecule is O=C(O)C(F)(F)OC(F)(OC(F)(OC(F)(OC(F)(OC(F)(F)C(F)(Cl)C(F)(F)F)C(F)(F)F)C(F)(F)F)C(F)(F)F)C(F)(F)F. The van der Waals surface area contributed by atoms with E-state index in [1.165, 1.54) is 18.9 Å². The van der Waals surface area contributed by atoms with Gasteiger partial charge >= 0.3 is 78.4 Å². The highest BCUT2D eigenvalue weighted by molar-refractivity contribution is 6.24. The number of ether oxygens (including phenoxy) is 5. The Morgan fingerprint density at radius 1 is 0.400 bits per heavy atom. The maximum Gasteiger partial charge on any atom is 0.478 e. The van der Waals surface area contributed by atoms with Crippen LogP contribution >= 0.6 is 11.6 Å². The molecule has 0 aliphatic rings. The molecule has 0 amide bonds. The van der Waals surface area contributed by atoms with E-state index in [-0.39, 0.29) is 0 Å². The Labute approximate surface area is 230 Å². The minimum Gasteiger partial charge on any atom is -0.475 e. The zero-order valence-electron chi connectivity index (χ0n) is 18.8. The van der Waals surface area contributed by atoms with Gasteiger partial charge in [-0.25, -0.2) is 32.9 Å². The van der Waals surface area contributed by atoms with Crippen molar-refractivity contribution in [2.24, 2.45) is 0 Å². The first kappa shape index (κ1) is 42.9. The molecule has 0 radical (unpaired) electrons. The van der Waals surface area contributed by atoms with Crippen LogP contribution in [0.5, 0.6) is 0 Å². The van der Waals surface area contributed by atoms with Crippen molar-refractivity contribution in [1.29, 1.82) is 0 Å². The van der Waals surface area contributed by atoms with E-state index in [1.54, 1.807) is 4.74 Å². The molecule has 5 atom stereocenters. The molecule has 0 bridgehead atoms. The summed E-state index contributed by atoms with van der Waals surface area (Å²) in [5.74, 6) is -4.18. The van der Waals surface area contributed by atoms with Crippen molar-refractivity contribution in [2.75, 3.05) is 0 Å². The zero-order valence-corrected chi connectivity index (χ0v) is 19.6. The van der Waals surface area contributed by atoms with Crippen LogP contribution in [-0.2, 0) is 28.5 Å². The van der Waals surface area contributed by atoms with Gasteiger partial charge in [0.05, 0.1) is 0 Å². The third kappa shape index (κ3) is 8.62. The van der Waals surface area contributed by atoms with Gasteiger partial charge in [0.1, 0.15) is 0 Å². The lowest BCUT2D eigenvalue weighted by molar-refractivity contribution is -0.635. The summed E-state index contributed by atoms with van der Waals surface area (Å²) in [6.45, 7) is 0. The maximum absolute atomic E-state index is 14.3. The molecule has 45 heavy (non-hydrogen) atoms. The largest absolute Gasteiger partial charge is 0.478 e. The van der Waals surface area contributed by atoms with Gasteiger partial charge < -0.3 is 5.11 Å². The van der Waals surface area contributed by atoms with Crippen LogP contribution in [0.1, 0.15) is 0 Å². The summed E-state index contributed by atoms with van der Waals surface area (Å²) in [4.78, 5) is 10.1. The second-order valence-electron chi connectivity index (χ2n) is 7.06. The van der Waals surface area contributed by atoms with Gasteiger partial charge in [0.2, 0.25) is 0 Å². The Morgan fingerprint density at radius 2 is 0.622 bits per heavy atom. The van der Waals surface area contributed by atoms with Gasteiger partial charge in [-0.3, -0.25) is 0 Å². The van der Waals surface area contributed by atoms with E-state index in [0.717, 1.165) is 0 Å². The van der Waals surface area contributed by atoms with Gasteiger partial charge in [0, 0.05) is 0 Å². The van der Waals surface area contributed by atoms with Crippen LogP contribution in [0.2, 0.25) is 0 Å². The second-order valence-corrected chi connectivity index (χ2v) is 7.58. The lowest BCUT2D eigenvalue weighted by Gasteiger charge is -2.41. The minimum atomic E-state index is -8.46. The summed E-state index contributed by atoms with van der Waals surface area (Å²) in [5, 5.41) is 0.616. The number of carboxylic acid groups (broad SMARTS) is 1. The first-order chi connectivity index (χ1) is 19.0. The van der Waals surface area contributed by atoms with E-state index in [2.05, 4.69) is 11.6 Å². The molecule has 0 aliphatic heterocycles. The molecule has 0 saturated carbocycles. The Balaban J connectivity index is 7.42. The predicted octanol–water partition coefficient (Wildman–Crippen LogP) is 7.55. The highest BCUT2D eigenvalue weighted by Gasteiger charge is 2.83. The van der Waals surface area contributed by atoms with Crippen LogP contribution in [0.4, 0.5) is 105 Å². The van der Waals surface area contributed by atoms with Gasteiger partial charge in [-0.1, -0.05) is 11.6 Å². The van der Waals surface area contributed by atoms with Crippen LogP contribution in [0, 0.1) is 0 Å². The molecule has 0 rings (SSSR count). The fourth-order valence-electron chi connectivity index (χ4n) is 1.66. The average molecular weight is 761 g/mol. The number of carbonyl (C=O) groups is 1. The van der Waals surface area contributed by atoms with E-state index >= 15 is 0 Å². The average Bonchev–Trinajstić information content (AvgIpc) is 2.67. The molecule has 7 nitrogen and oxygen atoms in total. The van der Waals surface area contributed by atoms with E-state index in [1.807, 2.05) is 0 Å². The summed E-state index contributed by atoms with van der Waals surface area (Å²) in [5.41, 5.74) is 0. The van der Waals surface area contributed by atoms with Crippen molar-refractivity contribution in [3.05, 3.63) is 0 Å². The Kier molecular flexibility index (Phi) is 11.0. The van der Waals surface area contributed by atoms with E-state index in [9.17, 15) is 110 Å². The summed E-state index contributed by atoms with van der Waals surface area (Å²) in [6.07, 6.45) is -55.0. The van der Waals surface area contributed by atoms with E-state index in [4.69, 9.17) is 5.11 Å². The monoisotopic (exact) mass is 760 g/mol. The van der Waals surface area contributed by atoms with Crippen LogP contribution in [0.25, 0.3) is 0 Å². The first-order valence-electron chi connectivity index (χ1n) is 8.94. The number of halogens is 25. The molecule has 0 aliphatic carbocycles. The van der Waals surface area contributed by atoms with Crippen molar-refractivity contribution >= 4 is 17.6 Å². The van der Waals surface area contributed by atoms with Gasteiger partial charge in [-0.2, -0.15) is 101 Å². The number of aliphatic carboxylic acids is 1. The van der Waals surface area contributed by atoms with Crippen LogP contribution in [0.3, 0.4) is 0 Å². The third-order valence-corrected chi connectivity index (χ3v) is 4.07. The summed E-state index contributed by atoms with van der Waals surface area (Å²) in [7, 11) is 0. The molecule has 0 aromatic rings. The molecule has 0 spiro atoms. The van der Waals surface area contributed by atoms with Gasteiger partial charge in [0.25, 0.3) is 0 Å². The normalized spacial score (nSPS) is 21.6. The number of hydrogen-bond acceptors (Lipinski definition) is 6. The molecule has 0 heterocycles. The highest BCUT2D eigenvalue weighted by atomic mass is 35.5. The maximum atomic E-state index is 14.3. The smallest absolute Gasteiger partial charge is 0.475 e. The number of rotatable bonds is 12. The molecule has 0 aromatic heterocycles. The van der Waals surface area contributed by atoms with Gasteiger partial charge in [-0.15, -0.1) is 0 Å². The van der Waals surface area contributed by atoms with Crippen LogP contribution in [0.15, 0.2) is 0 Å². The summed E-state index contributed by atoms with van der Waals surface area (Å²) < 4.78 is 321.